The van der Waals surface area contributed by atoms with Crippen LogP contribution in [0.1, 0.15) is 115 Å². The summed E-state index contributed by atoms with van der Waals surface area (Å²) in [5, 5.41) is 22.9. The molecule has 6 atom stereocenters. The molecule has 0 saturated carbocycles. The van der Waals surface area contributed by atoms with E-state index in [-0.39, 0.29) is 75.4 Å². The molecule has 6 aromatic rings. The van der Waals surface area contributed by atoms with Gasteiger partial charge in [0.2, 0.25) is 35.4 Å². The number of H-pyrrole nitrogens is 1. The summed E-state index contributed by atoms with van der Waals surface area (Å²) in [6.07, 6.45) is 1.34. The van der Waals surface area contributed by atoms with Crippen LogP contribution in [0.3, 0.4) is 0 Å². The van der Waals surface area contributed by atoms with Crippen molar-refractivity contribution in [3.05, 3.63) is 135 Å². The van der Waals surface area contributed by atoms with Gasteiger partial charge in [0, 0.05) is 55.2 Å². The number of fused-ring (bicyclic) bond motifs is 1. The molecule has 0 radical (unpaired) electrons. The van der Waals surface area contributed by atoms with E-state index < -0.39 is 90.3 Å². The van der Waals surface area contributed by atoms with Gasteiger partial charge in [-0.2, -0.15) is 0 Å². The van der Waals surface area contributed by atoms with Crippen LogP contribution in [-0.4, -0.2) is 126 Å². The lowest BCUT2D eigenvalue weighted by Gasteiger charge is -2.35. The smallest absolute Gasteiger partial charge is 0.396 e. The molecule has 454 valence electrons. The number of para-hydroxylation sites is 1. The van der Waals surface area contributed by atoms with Crippen LogP contribution in [0.15, 0.2) is 90.4 Å². The van der Waals surface area contributed by atoms with Crippen LogP contribution in [-0.2, 0) is 59.1 Å². The predicted molar refractivity (Wildman–Crippen MR) is 322 cm³/mol. The number of carbonyl (C=O) groups is 8. The van der Waals surface area contributed by atoms with Crippen molar-refractivity contribution in [2.45, 2.75) is 135 Å². The third-order valence-corrected chi connectivity index (χ3v) is 18.0. The molecule has 25 heteroatoms. The number of thiazole rings is 1. The second-order valence-corrected chi connectivity index (χ2v) is 25.9. The highest BCUT2D eigenvalue weighted by atomic mass is 35.5. The molecule has 5 heterocycles. The SMILES string of the molecule is Cc1ncsc1-c1ccc(CNC(=O)[C@@H]2C[C@@H](O)CN2C(=O)[C@@H](NC(=O)CCCCc2cccc(OC[C@H](CCC(N)=O)NC(=O)[C@@H]3Cc4cccc5c4N3C(=O)[C@@H](NC(=O)c3cc4cc(C(=O)P(=O)(O)O)ccc4[nH]3)CC5)c2Cl)C(C)(C)C)cc1. The van der Waals surface area contributed by atoms with E-state index in [1.165, 1.54) is 34.1 Å². The maximum atomic E-state index is 14.6. The second kappa shape index (κ2) is 26.4. The number of benzene rings is 4. The van der Waals surface area contributed by atoms with Crippen molar-refractivity contribution in [3.63, 3.8) is 0 Å². The first-order valence-electron chi connectivity index (χ1n) is 28.4. The summed E-state index contributed by atoms with van der Waals surface area (Å²) in [6, 6.07) is 19.0. The summed E-state index contributed by atoms with van der Waals surface area (Å²) in [6.45, 7) is 7.44. The van der Waals surface area contributed by atoms with Gasteiger partial charge in [0.15, 0.2) is 0 Å². The number of nitrogens with one attached hydrogen (secondary N) is 5. The molecule has 0 aliphatic carbocycles. The summed E-state index contributed by atoms with van der Waals surface area (Å²) in [7, 11) is -5.07. The predicted octanol–water partition coefficient (Wildman–Crippen LogP) is 5.92. The number of aliphatic hydroxyl groups is 1. The van der Waals surface area contributed by atoms with Crippen LogP contribution in [0.5, 0.6) is 5.75 Å². The molecule has 2 aromatic heterocycles. The van der Waals surface area contributed by atoms with Gasteiger partial charge < -0.3 is 56.5 Å². The number of aromatic nitrogens is 2. The Balaban J connectivity index is 0.782. The molecule has 9 rings (SSSR count). The van der Waals surface area contributed by atoms with Crippen molar-refractivity contribution >= 4 is 94.0 Å². The van der Waals surface area contributed by atoms with Crippen molar-refractivity contribution in [2.24, 2.45) is 11.1 Å². The Kier molecular flexibility index (Phi) is 19.3. The van der Waals surface area contributed by atoms with Gasteiger partial charge in [0.05, 0.1) is 38.9 Å². The lowest BCUT2D eigenvalue weighted by atomic mass is 9.85. The van der Waals surface area contributed by atoms with E-state index >= 15 is 0 Å². The molecule has 0 unspecified atom stereocenters. The molecule has 4 aromatic carbocycles. The number of amides is 7. The number of nitrogens with zero attached hydrogens (tertiary/aromatic N) is 3. The van der Waals surface area contributed by atoms with Gasteiger partial charge in [-0.15, -0.1) is 11.3 Å². The van der Waals surface area contributed by atoms with E-state index in [9.17, 15) is 57.8 Å². The highest BCUT2D eigenvalue weighted by Crippen LogP contribution is 2.41. The van der Waals surface area contributed by atoms with E-state index in [4.69, 9.17) is 22.1 Å². The molecule has 3 aliphatic rings. The number of unbranched alkanes of at least 4 members (excludes halogenated alkanes) is 1. The number of aromatic amines is 1. The number of β-amino-alcohol motifs (C(OH)–C–C–N with tert-alkyl or cyclic N) is 1. The number of likely N-dealkylation sites (tertiary alicyclic amines) is 1. The Morgan fingerprint density at radius 1 is 0.930 bits per heavy atom. The minimum Gasteiger partial charge on any atom is -0.490 e. The maximum Gasteiger partial charge on any atom is 0.396 e. The number of aliphatic hydroxyl groups excluding tert-OH is 1. The molecule has 0 spiro atoms. The van der Waals surface area contributed by atoms with Crippen LogP contribution in [0.25, 0.3) is 21.3 Å². The Labute approximate surface area is 505 Å². The summed E-state index contributed by atoms with van der Waals surface area (Å²) in [4.78, 5) is 138. The third kappa shape index (κ3) is 14.5. The minimum atomic E-state index is -5.07. The number of ether oxygens (including phenoxy) is 1. The number of nitrogens with two attached hydrogens (primary N) is 1. The zero-order valence-electron chi connectivity index (χ0n) is 47.9. The molecule has 86 heavy (non-hydrogen) atoms. The van der Waals surface area contributed by atoms with Crippen molar-refractivity contribution in [1.82, 2.24) is 36.1 Å². The quantitative estimate of drug-likeness (QED) is 0.0266. The van der Waals surface area contributed by atoms with E-state index in [1.54, 1.807) is 29.0 Å². The Morgan fingerprint density at radius 3 is 2.38 bits per heavy atom. The topological polar surface area (TPSA) is 333 Å². The van der Waals surface area contributed by atoms with Gasteiger partial charge in [-0.05, 0) is 109 Å². The van der Waals surface area contributed by atoms with E-state index in [0.29, 0.717) is 53.0 Å². The van der Waals surface area contributed by atoms with Crippen molar-refractivity contribution in [3.8, 4) is 16.2 Å². The first-order valence-corrected chi connectivity index (χ1v) is 31.2. The molecule has 7 amide bonds. The highest BCUT2D eigenvalue weighted by molar-refractivity contribution is 7.70. The van der Waals surface area contributed by atoms with Crippen molar-refractivity contribution in [1.29, 1.82) is 0 Å². The Bertz CT molecular complexity index is 3650. The summed E-state index contributed by atoms with van der Waals surface area (Å²) < 4.78 is 17.8. The number of carbonyl (C=O) groups excluding carboxylic acids is 8. The van der Waals surface area contributed by atoms with E-state index in [2.05, 4.69) is 31.2 Å². The lowest BCUT2D eigenvalue weighted by molar-refractivity contribution is -0.144. The summed E-state index contributed by atoms with van der Waals surface area (Å²) in [5.41, 5.74) is 11.1. The number of hydrogen-bond acceptors (Lipinski definition) is 13. The average molecular weight is 1230 g/mol. The first-order chi connectivity index (χ1) is 40.8. The fourth-order valence-electron chi connectivity index (χ4n) is 11.2. The number of halogens is 1. The van der Waals surface area contributed by atoms with Crippen LogP contribution in [0, 0.1) is 12.3 Å². The number of hydrogen-bond donors (Lipinski definition) is 9. The van der Waals surface area contributed by atoms with Gasteiger partial charge in [0.1, 0.15) is 42.2 Å². The van der Waals surface area contributed by atoms with Crippen molar-refractivity contribution < 1.29 is 62.6 Å². The zero-order chi connectivity index (χ0) is 61.8. The van der Waals surface area contributed by atoms with Gasteiger partial charge in [-0.1, -0.05) is 87.0 Å². The zero-order valence-corrected chi connectivity index (χ0v) is 50.4. The first kappa shape index (κ1) is 62.7. The molecule has 1 saturated heterocycles. The Hall–Kier alpha value is -7.79. The van der Waals surface area contributed by atoms with E-state index in [1.807, 2.05) is 76.2 Å². The minimum absolute atomic E-state index is 0.0217. The number of aryl methyl sites for hydroxylation is 3. The Morgan fingerprint density at radius 2 is 1.67 bits per heavy atom. The standard InChI is InChI=1S/C61H69ClN9O13PS/c1-33-53(86-32-65-33)37-17-15-34(16-18-37)29-64-56(76)46-28-42(72)30-70(46)59(79)54(61(2,3)4)69-50(74)14-6-5-9-35-10-8-13-48(51(35)62)84-31-41(21-24-49(63)73)66-57(77)47-27-38-12-7-11-36-19-23-44(58(78)71(47)52(36)38)68-55(75)45-26-40-25-39(20-22-43(40)67-45)60(80)85(81,82)83/h7-8,10-13,15-18,20,22,25-26,32,41-42,44,46-47,54,67,72H,5-6,9,14,19,21,23-24,27-31H2,1-4H3,(H2,63,73)(H,64,76)(H,66,77)(H,68,75)(H,69,74)(H2,81,82,83)/t41-,42+,44-,46-,47-,54+/m0/s1. The average Bonchev–Trinajstić information content (AvgIpc) is 1.68. The lowest BCUT2D eigenvalue weighted by Crippen LogP contribution is -2.57. The molecule has 3 aliphatic heterocycles. The summed E-state index contributed by atoms with van der Waals surface area (Å²) >= 11 is 8.47. The molecular weight excluding hydrogens is 1170 g/mol. The van der Waals surface area contributed by atoms with E-state index in [0.717, 1.165) is 38.4 Å². The maximum absolute atomic E-state index is 14.6. The van der Waals surface area contributed by atoms with Crippen LogP contribution in [0.4, 0.5) is 5.69 Å². The van der Waals surface area contributed by atoms with Gasteiger partial charge in [0.25, 0.3) is 11.4 Å². The molecule has 1 fully saturated rings. The molecule has 0 bridgehead atoms. The van der Waals surface area contributed by atoms with Gasteiger partial charge in [-0.3, -0.25) is 47.8 Å². The molecular formula is C61H69ClN9O13PS. The van der Waals surface area contributed by atoms with Crippen molar-refractivity contribution in [2.75, 3.05) is 18.1 Å². The number of anilines is 1. The van der Waals surface area contributed by atoms with Crippen LogP contribution in [0.2, 0.25) is 5.02 Å². The monoisotopic (exact) mass is 1230 g/mol. The van der Waals surface area contributed by atoms with Crippen LogP contribution < -0.4 is 36.6 Å². The van der Waals surface area contributed by atoms with Gasteiger partial charge >= 0.3 is 7.60 Å². The largest absolute Gasteiger partial charge is 0.490 e. The normalized spacial score (nSPS) is 18.2. The fourth-order valence-corrected chi connectivity index (χ4v) is 12.8. The second-order valence-electron chi connectivity index (χ2n) is 23.2. The number of primary amides is 1. The third-order valence-electron chi connectivity index (χ3n) is 15.8. The molecule has 10 N–H and O–H groups in total. The van der Waals surface area contributed by atoms with Crippen LogP contribution >= 0.6 is 30.5 Å². The van der Waals surface area contributed by atoms with Gasteiger partial charge in [-0.25, -0.2) is 4.98 Å². The number of rotatable bonds is 23. The highest BCUT2D eigenvalue weighted by Gasteiger charge is 2.46. The molecule has 22 nitrogen and oxygen atoms in total. The fraction of sp³-hybridized carbons (Fsp3) is 0.393. The summed E-state index contributed by atoms with van der Waals surface area (Å²) in [5.74, 6) is -3.28.